The molecule has 0 aromatic carbocycles. The highest BCUT2D eigenvalue weighted by molar-refractivity contribution is 4.94. The summed E-state index contributed by atoms with van der Waals surface area (Å²) in [4.78, 5) is 2.70. The van der Waals surface area contributed by atoms with Crippen LogP contribution in [0.4, 0.5) is 0 Å². The van der Waals surface area contributed by atoms with Crippen LogP contribution in [0.1, 0.15) is 52.4 Å². The summed E-state index contributed by atoms with van der Waals surface area (Å²) < 4.78 is 0. The maximum Gasteiger partial charge on any atom is 0.0252 e. The molecule has 19 heavy (non-hydrogen) atoms. The molecule has 1 saturated heterocycles. The van der Waals surface area contributed by atoms with Crippen molar-refractivity contribution in [3.8, 4) is 0 Å². The Morgan fingerprint density at radius 1 is 1.32 bits per heavy atom. The molecule has 0 aromatic heterocycles. The van der Waals surface area contributed by atoms with E-state index in [0.717, 1.165) is 24.4 Å². The van der Waals surface area contributed by atoms with Crippen LogP contribution in [-0.4, -0.2) is 36.6 Å². The molecule has 0 radical (unpaired) electrons. The summed E-state index contributed by atoms with van der Waals surface area (Å²) in [6, 6.07) is 1.42. The minimum atomic E-state index is 0.671. The van der Waals surface area contributed by atoms with Crippen LogP contribution < -0.4 is 5.32 Å². The van der Waals surface area contributed by atoms with Gasteiger partial charge in [-0.3, -0.25) is 4.90 Å². The van der Waals surface area contributed by atoms with E-state index >= 15 is 0 Å². The van der Waals surface area contributed by atoms with Crippen LogP contribution in [0.15, 0.2) is 12.7 Å². The van der Waals surface area contributed by atoms with Crippen molar-refractivity contribution in [2.24, 2.45) is 11.8 Å². The molecule has 2 rings (SSSR count). The Morgan fingerprint density at radius 2 is 2.05 bits per heavy atom. The van der Waals surface area contributed by atoms with E-state index < -0.39 is 0 Å². The van der Waals surface area contributed by atoms with Gasteiger partial charge in [0, 0.05) is 31.7 Å². The minimum Gasteiger partial charge on any atom is -0.311 e. The third kappa shape index (κ3) is 3.82. The Kier molecular flexibility index (Phi) is 5.90. The van der Waals surface area contributed by atoms with Gasteiger partial charge in [-0.05, 0) is 24.7 Å². The molecule has 1 N–H and O–H groups in total. The molecule has 0 amide bonds. The van der Waals surface area contributed by atoms with Gasteiger partial charge < -0.3 is 5.32 Å². The van der Waals surface area contributed by atoms with Crippen molar-refractivity contribution in [3.05, 3.63) is 12.7 Å². The number of hydrogen-bond donors (Lipinski definition) is 1. The Bertz CT molecular complexity index is 270. The number of nitrogens with zero attached hydrogens (tertiary/aromatic N) is 1. The van der Waals surface area contributed by atoms with Crippen LogP contribution in [0, 0.1) is 11.8 Å². The fraction of sp³-hybridized carbons (Fsp3) is 0.882. The van der Waals surface area contributed by atoms with Crippen LogP contribution in [-0.2, 0) is 0 Å². The third-order valence-corrected chi connectivity index (χ3v) is 5.38. The second kappa shape index (κ2) is 7.44. The summed E-state index contributed by atoms with van der Waals surface area (Å²) in [6.07, 6.45) is 10.6. The predicted molar refractivity (Wildman–Crippen MR) is 83.4 cm³/mol. The summed E-state index contributed by atoms with van der Waals surface area (Å²) in [6.45, 7) is 12.1. The lowest BCUT2D eigenvalue weighted by molar-refractivity contribution is 0.0689. The Labute approximate surface area is 119 Å². The summed E-state index contributed by atoms with van der Waals surface area (Å²) in [5, 5.41) is 3.83. The van der Waals surface area contributed by atoms with Gasteiger partial charge in [-0.25, -0.2) is 0 Å². The van der Waals surface area contributed by atoms with Crippen LogP contribution in [0.3, 0.4) is 0 Å². The Balaban J connectivity index is 1.97. The van der Waals surface area contributed by atoms with Crippen LogP contribution >= 0.6 is 0 Å². The molecule has 0 bridgehead atoms. The zero-order chi connectivity index (χ0) is 13.7. The molecule has 110 valence electrons. The van der Waals surface area contributed by atoms with Gasteiger partial charge in [-0.1, -0.05) is 45.6 Å². The molecule has 2 heteroatoms. The van der Waals surface area contributed by atoms with Crippen LogP contribution in [0.2, 0.25) is 0 Å². The molecule has 1 aliphatic heterocycles. The average molecular weight is 264 g/mol. The minimum absolute atomic E-state index is 0.671. The summed E-state index contributed by atoms with van der Waals surface area (Å²) in [5.74, 6) is 1.69. The number of hydrogen-bond acceptors (Lipinski definition) is 2. The van der Waals surface area contributed by atoms with Crippen molar-refractivity contribution in [1.82, 2.24) is 10.2 Å². The normalized spacial score (nSPS) is 32.1. The lowest BCUT2D eigenvalue weighted by atomic mass is 9.81. The van der Waals surface area contributed by atoms with E-state index in [-0.39, 0.29) is 0 Å². The van der Waals surface area contributed by atoms with Gasteiger partial charge in [0.1, 0.15) is 0 Å². The smallest absolute Gasteiger partial charge is 0.0252 e. The Morgan fingerprint density at radius 3 is 2.68 bits per heavy atom. The first kappa shape index (κ1) is 15.1. The fourth-order valence-corrected chi connectivity index (χ4v) is 3.88. The highest BCUT2D eigenvalue weighted by atomic mass is 15.2. The van der Waals surface area contributed by atoms with Gasteiger partial charge in [0.05, 0.1) is 0 Å². The van der Waals surface area contributed by atoms with E-state index in [1.807, 2.05) is 0 Å². The molecule has 1 saturated carbocycles. The van der Waals surface area contributed by atoms with E-state index in [0.29, 0.717) is 6.04 Å². The molecule has 1 aliphatic carbocycles. The van der Waals surface area contributed by atoms with Gasteiger partial charge in [0.25, 0.3) is 0 Å². The lowest BCUT2D eigenvalue weighted by Crippen LogP contribution is -2.60. The standard InChI is InChI=1S/C17H32N2/c1-4-11-19-13-16(14(3)5-2)18-12-17(19)15-9-7-6-8-10-15/h4,14-18H,1,5-13H2,2-3H3. The molecule has 2 fully saturated rings. The van der Waals surface area contributed by atoms with Crippen molar-refractivity contribution >= 4 is 0 Å². The van der Waals surface area contributed by atoms with Gasteiger partial charge >= 0.3 is 0 Å². The molecule has 1 heterocycles. The number of nitrogens with one attached hydrogen (secondary N) is 1. The monoisotopic (exact) mass is 264 g/mol. The number of piperazine rings is 1. The SMILES string of the molecule is C=CCN1CC(C(C)CC)NCC1C1CCCCC1. The van der Waals surface area contributed by atoms with Gasteiger partial charge in [-0.15, -0.1) is 6.58 Å². The van der Waals surface area contributed by atoms with Gasteiger partial charge in [0.15, 0.2) is 0 Å². The van der Waals surface area contributed by atoms with E-state index in [2.05, 4.69) is 36.7 Å². The van der Waals surface area contributed by atoms with Crippen molar-refractivity contribution in [1.29, 1.82) is 0 Å². The first-order valence-corrected chi connectivity index (χ1v) is 8.34. The van der Waals surface area contributed by atoms with Crippen molar-refractivity contribution < 1.29 is 0 Å². The van der Waals surface area contributed by atoms with Crippen LogP contribution in [0.25, 0.3) is 0 Å². The van der Waals surface area contributed by atoms with Gasteiger partial charge in [-0.2, -0.15) is 0 Å². The highest BCUT2D eigenvalue weighted by Crippen LogP contribution is 2.30. The fourth-order valence-electron chi connectivity index (χ4n) is 3.88. The van der Waals surface area contributed by atoms with E-state index in [1.165, 1.54) is 51.6 Å². The van der Waals surface area contributed by atoms with E-state index in [9.17, 15) is 0 Å². The third-order valence-electron chi connectivity index (χ3n) is 5.38. The van der Waals surface area contributed by atoms with Crippen LogP contribution in [0.5, 0.6) is 0 Å². The second-order valence-corrected chi connectivity index (χ2v) is 6.61. The summed E-state index contributed by atoms with van der Waals surface area (Å²) >= 11 is 0. The summed E-state index contributed by atoms with van der Waals surface area (Å²) in [5.41, 5.74) is 0. The zero-order valence-corrected chi connectivity index (χ0v) is 12.9. The lowest BCUT2D eigenvalue weighted by Gasteiger charge is -2.46. The van der Waals surface area contributed by atoms with Crippen molar-refractivity contribution in [3.63, 3.8) is 0 Å². The van der Waals surface area contributed by atoms with E-state index in [1.54, 1.807) is 0 Å². The zero-order valence-electron chi connectivity index (χ0n) is 12.9. The quantitative estimate of drug-likeness (QED) is 0.765. The molecule has 2 nitrogen and oxygen atoms in total. The summed E-state index contributed by atoms with van der Waals surface area (Å²) in [7, 11) is 0. The van der Waals surface area contributed by atoms with Crippen molar-refractivity contribution in [2.45, 2.75) is 64.5 Å². The highest BCUT2D eigenvalue weighted by Gasteiger charge is 2.34. The molecular formula is C17H32N2. The molecule has 0 spiro atoms. The topological polar surface area (TPSA) is 15.3 Å². The molecule has 3 unspecified atom stereocenters. The predicted octanol–water partition coefficient (Wildman–Crippen LogP) is 3.44. The maximum atomic E-state index is 3.96. The van der Waals surface area contributed by atoms with Crippen molar-refractivity contribution in [2.75, 3.05) is 19.6 Å². The average Bonchev–Trinajstić information content (AvgIpc) is 2.47. The van der Waals surface area contributed by atoms with Gasteiger partial charge in [0.2, 0.25) is 0 Å². The Hall–Kier alpha value is -0.340. The molecule has 3 atom stereocenters. The number of rotatable bonds is 5. The molecular weight excluding hydrogens is 232 g/mol. The van der Waals surface area contributed by atoms with E-state index in [4.69, 9.17) is 0 Å². The molecule has 0 aromatic rings. The first-order chi connectivity index (χ1) is 9.26. The maximum absolute atomic E-state index is 3.96. The largest absolute Gasteiger partial charge is 0.311 e. The first-order valence-electron chi connectivity index (χ1n) is 8.34. The molecule has 2 aliphatic rings. The second-order valence-electron chi connectivity index (χ2n) is 6.61.